The quantitative estimate of drug-likeness (QED) is 0.881. The van der Waals surface area contributed by atoms with Crippen molar-refractivity contribution in [2.75, 3.05) is 6.61 Å². The van der Waals surface area contributed by atoms with Crippen LogP contribution in [-0.4, -0.2) is 23.2 Å². The average Bonchev–Trinajstić information content (AvgIpc) is 3.12. The van der Waals surface area contributed by atoms with E-state index in [1.165, 1.54) is 0 Å². The molecule has 2 rings (SSSR count). The summed E-state index contributed by atoms with van der Waals surface area (Å²) in [6, 6.07) is 5.34. The lowest BCUT2D eigenvalue weighted by molar-refractivity contribution is 0.0824. The van der Waals surface area contributed by atoms with Gasteiger partial charge in [0, 0.05) is 0 Å². The normalized spacial score (nSPS) is 18.2. The number of amides is 1. The van der Waals surface area contributed by atoms with E-state index in [4.69, 9.17) is 11.6 Å². The number of aryl methyl sites for hydroxylation is 1. The van der Waals surface area contributed by atoms with Crippen LogP contribution in [0.2, 0.25) is 5.02 Å². The molecule has 98 valence electrons. The summed E-state index contributed by atoms with van der Waals surface area (Å²) in [5, 5.41) is 12.8. The first-order valence-electron chi connectivity index (χ1n) is 6.16. The first kappa shape index (κ1) is 13.4. The van der Waals surface area contributed by atoms with Crippen LogP contribution in [0.5, 0.6) is 0 Å². The molecule has 4 heteroatoms. The number of benzene rings is 1. The topological polar surface area (TPSA) is 49.3 Å². The Morgan fingerprint density at radius 2 is 2.22 bits per heavy atom. The monoisotopic (exact) mass is 267 g/mol. The fraction of sp³-hybridized carbons (Fsp3) is 0.500. The maximum absolute atomic E-state index is 12.2. The van der Waals surface area contributed by atoms with Crippen LogP contribution in [0.25, 0.3) is 0 Å². The van der Waals surface area contributed by atoms with E-state index < -0.39 is 5.54 Å². The van der Waals surface area contributed by atoms with Gasteiger partial charge in [-0.1, -0.05) is 17.7 Å². The molecule has 0 aromatic heterocycles. The van der Waals surface area contributed by atoms with Crippen LogP contribution in [0.1, 0.15) is 35.7 Å². The fourth-order valence-corrected chi connectivity index (χ4v) is 2.44. The van der Waals surface area contributed by atoms with E-state index in [2.05, 4.69) is 5.32 Å². The van der Waals surface area contributed by atoms with Crippen molar-refractivity contribution >= 4 is 17.5 Å². The second kappa shape index (κ2) is 4.90. The van der Waals surface area contributed by atoms with Crippen LogP contribution in [0.15, 0.2) is 18.2 Å². The Morgan fingerprint density at radius 3 is 2.72 bits per heavy atom. The summed E-state index contributed by atoms with van der Waals surface area (Å²) >= 11 is 6.07. The van der Waals surface area contributed by atoms with E-state index in [9.17, 15) is 9.90 Å². The van der Waals surface area contributed by atoms with Gasteiger partial charge in [0.05, 0.1) is 22.7 Å². The van der Waals surface area contributed by atoms with Gasteiger partial charge in [-0.15, -0.1) is 0 Å². The van der Waals surface area contributed by atoms with Crippen molar-refractivity contribution in [3.63, 3.8) is 0 Å². The van der Waals surface area contributed by atoms with Gasteiger partial charge in [-0.25, -0.2) is 0 Å². The fourth-order valence-electron chi connectivity index (χ4n) is 2.12. The van der Waals surface area contributed by atoms with E-state index in [1.807, 2.05) is 19.9 Å². The smallest absolute Gasteiger partial charge is 0.253 e. The van der Waals surface area contributed by atoms with Crippen molar-refractivity contribution in [2.45, 2.75) is 32.2 Å². The van der Waals surface area contributed by atoms with Crippen LogP contribution in [-0.2, 0) is 0 Å². The molecule has 0 spiro atoms. The van der Waals surface area contributed by atoms with Crippen LogP contribution >= 0.6 is 11.6 Å². The molecular formula is C14H18ClNO2. The molecule has 0 aliphatic heterocycles. The number of rotatable bonds is 4. The minimum atomic E-state index is -0.536. The molecule has 1 fully saturated rings. The summed E-state index contributed by atoms with van der Waals surface area (Å²) in [6.07, 6.45) is 2.11. The zero-order chi connectivity index (χ0) is 13.3. The first-order chi connectivity index (χ1) is 8.46. The Hall–Kier alpha value is -1.06. The van der Waals surface area contributed by atoms with Crippen LogP contribution in [0.3, 0.4) is 0 Å². The van der Waals surface area contributed by atoms with Gasteiger partial charge >= 0.3 is 0 Å². The lowest BCUT2D eigenvalue weighted by atomic mass is 9.96. The summed E-state index contributed by atoms with van der Waals surface area (Å²) in [6.45, 7) is 3.76. The highest BCUT2D eigenvalue weighted by atomic mass is 35.5. The lowest BCUT2D eigenvalue weighted by Gasteiger charge is -2.29. The van der Waals surface area contributed by atoms with Crippen LogP contribution in [0.4, 0.5) is 0 Å². The Bertz CT molecular complexity index is 471. The molecule has 2 N–H and O–H groups in total. The molecule has 0 radical (unpaired) electrons. The number of aliphatic hydroxyl groups excluding tert-OH is 1. The number of carbonyl (C=O) groups excluding carboxylic acids is 1. The predicted octanol–water partition coefficient (Wildman–Crippen LogP) is 2.54. The molecule has 0 saturated heterocycles. The Kier molecular flexibility index (Phi) is 3.64. The van der Waals surface area contributed by atoms with E-state index in [0.29, 0.717) is 16.5 Å². The van der Waals surface area contributed by atoms with Gasteiger partial charge in [0.25, 0.3) is 5.91 Å². The van der Waals surface area contributed by atoms with E-state index in [-0.39, 0.29) is 12.5 Å². The summed E-state index contributed by atoms with van der Waals surface area (Å²) in [5.41, 5.74) is 0.942. The van der Waals surface area contributed by atoms with Crippen molar-refractivity contribution in [1.82, 2.24) is 5.32 Å². The largest absolute Gasteiger partial charge is 0.394 e. The number of nitrogens with one attached hydrogen (secondary N) is 1. The second-order valence-electron chi connectivity index (χ2n) is 5.29. The van der Waals surface area contributed by atoms with Crippen molar-refractivity contribution in [3.8, 4) is 0 Å². The zero-order valence-electron chi connectivity index (χ0n) is 10.7. The molecule has 1 saturated carbocycles. The molecule has 1 aliphatic rings. The number of hydrogen-bond donors (Lipinski definition) is 2. The van der Waals surface area contributed by atoms with Crippen LogP contribution < -0.4 is 5.32 Å². The Morgan fingerprint density at radius 1 is 1.56 bits per heavy atom. The molecule has 1 aromatic rings. The molecule has 0 heterocycles. The summed E-state index contributed by atoms with van der Waals surface area (Å²) < 4.78 is 0. The standard InChI is InChI=1S/C14H18ClNO2/c1-9-3-6-11(12(15)7-9)13(18)16-14(2,8-17)10-4-5-10/h3,6-7,10,17H,4-5,8H2,1-2H3,(H,16,18)/t14-/m1/s1. The highest BCUT2D eigenvalue weighted by molar-refractivity contribution is 6.33. The lowest BCUT2D eigenvalue weighted by Crippen LogP contribution is -2.50. The van der Waals surface area contributed by atoms with Gasteiger partial charge in [0.2, 0.25) is 0 Å². The Balaban J connectivity index is 2.16. The van der Waals surface area contributed by atoms with Gasteiger partial charge in [-0.3, -0.25) is 4.79 Å². The van der Waals surface area contributed by atoms with Gasteiger partial charge < -0.3 is 10.4 Å². The second-order valence-corrected chi connectivity index (χ2v) is 5.69. The van der Waals surface area contributed by atoms with Crippen molar-refractivity contribution in [3.05, 3.63) is 34.3 Å². The van der Waals surface area contributed by atoms with Gasteiger partial charge in [0.1, 0.15) is 0 Å². The molecule has 0 bridgehead atoms. The third-order valence-electron chi connectivity index (χ3n) is 3.58. The Labute approximate surface area is 112 Å². The van der Waals surface area contributed by atoms with Crippen molar-refractivity contribution in [2.24, 2.45) is 5.92 Å². The van der Waals surface area contributed by atoms with Gasteiger partial charge in [-0.05, 0) is 50.3 Å². The van der Waals surface area contributed by atoms with E-state index in [1.54, 1.807) is 12.1 Å². The number of halogens is 1. The molecule has 1 amide bonds. The zero-order valence-corrected chi connectivity index (χ0v) is 11.4. The summed E-state index contributed by atoms with van der Waals surface area (Å²) in [7, 11) is 0. The van der Waals surface area contributed by atoms with Gasteiger partial charge in [0.15, 0.2) is 0 Å². The summed E-state index contributed by atoms with van der Waals surface area (Å²) in [4.78, 5) is 12.2. The number of hydrogen-bond acceptors (Lipinski definition) is 2. The van der Waals surface area contributed by atoms with Crippen molar-refractivity contribution < 1.29 is 9.90 Å². The minimum absolute atomic E-state index is 0.0487. The van der Waals surface area contributed by atoms with Crippen LogP contribution in [0, 0.1) is 12.8 Å². The van der Waals surface area contributed by atoms with E-state index in [0.717, 1.165) is 18.4 Å². The third kappa shape index (κ3) is 2.68. The molecular weight excluding hydrogens is 250 g/mol. The summed E-state index contributed by atoms with van der Waals surface area (Å²) in [5.74, 6) is 0.152. The molecule has 1 aliphatic carbocycles. The van der Waals surface area contributed by atoms with Gasteiger partial charge in [-0.2, -0.15) is 0 Å². The molecule has 1 atom stereocenters. The first-order valence-corrected chi connectivity index (χ1v) is 6.53. The minimum Gasteiger partial charge on any atom is -0.394 e. The molecule has 0 unspecified atom stereocenters. The highest BCUT2D eigenvalue weighted by Gasteiger charge is 2.42. The average molecular weight is 268 g/mol. The maximum atomic E-state index is 12.2. The maximum Gasteiger partial charge on any atom is 0.253 e. The number of carbonyl (C=O) groups is 1. The number of aliphatic hydroxyl groups is 1. The predicted molar refractivity (Wildman–Crippen MR) is 71.9 cm³/mol. The van der Waals surface area contributed by atoms with Crippen molar-refractivity contribution in [1.29, 1.82) is 0 Å². The van der Waals surface area contributed by atoms with E-state index >= 15 is 0 Å². The molecule has 1 aromatic carbocycles. The molecule has 3 nitrogen and oxygen atoms in total. The molecule has 18 heavy (non-hydrogen) atoms. The SMILES string of the molecule is Cc1ccc(C(=O)N[C@](C)(CO)C2CC2)c(Cl)c1. The third-order valence-corrected chi connectivity index (χ3v) is 3.89. The highest BCUT2D eigenvalue weighted by Crippen LogP contribution is 2.39.